The van der Waals surface area contributed by atoms with Crippen LogP contribution in [0.4, 0.5) is 4.39 Å². The number of rotatable bonds is 3. The van der Waals surface area contributed by atoms with Gasteiger partial charge in [0.15, 0.2) is 0 Å². The molecular formula is C10H13FS. The predicted molar refractivity (Wildman–Crippen MR) is 53.3 cm³/mol. The van der Waals surface area contributed by atoms with Crippen LogP contribution in [0, 0.1) is 12.7 Å². The summed E-state index contributed by atoms with van der Waals surface area (Å²) >= 11 is 4.11. The Morgan fingerprint density at radius 3 is 2.67 bits per heavy atom. The number of aryl methyl sites for hydroxylation is 2. The van der Waals surface area contributed by atoms with E-state index >= 15 is 0 Å². The second-order valence-corrected chi connectivity index (χ2v) is 3.41. The minimum atomic E-state index is -0.135. The molecule has 66 valence electrons. The average molecular weight is 184 g/mol. The van der Waals surface area contributed by atoms with Gasteiger partial charge in [0.2, 0.25) is 0 Å². The molecule has 0 bridgehead atoms. The van der Waals surface area contributed by atoms with Gasteiger partial charge < -0.3 is 0 Å². The number of thiol groups is 1. The first kappa shape index (κ1) is 9.59. The lowest BCUT2D eigenvalue weighted by molar-refractivity contribution is 0.623. The Bertz CT molecular complexity index is 238. The van der Waals surface area contributed by atoms with Crippen LogP contribution in [-0.4, -0.2) is 5.75 Å². The van der Waals surface area contributed by atoms with E-state index in [1.807, 2.05) is 13.0 Å². The monoisotopic (exact) mass is 184 g/mol. The molecule has 0 aromatic heterocycles. The van der Waals surface area contributed by atoms with Gasteiger partial charge in [0.1, 0.15) is 5.82 Å². The van der Waals surface area contributed by atoms with Crippen LogP contribution in [0.2, 0.25) is 0 Å². The van der Waals surface area contributed by atoms with Crippen molar-refractivity contribution in [2.75, 3.05) is 5.75 Å². The van der Waals surface area contributed by atoms with Crippen molar-refractivity contribution in [2.24, 2.45) is 0 Å². The fourth-order valence-corrected chi connectivity index (χ4v) is 1.40. The molecule has 2 heteroatoms. The Hall–Kier alpha value is -0.500. The summed E-state index contributed by atoms with van der Waals surface area (Å²) < 4.78 is 12.8. The minimum absolute atomic E-state index is 0.135. The van der Waals surface area contributed by atoms with Crippen LogP contribution in [-0.2, 0) is 6.42 Å². The smallest absolute Gasteiger partial charge is 0.123 e. The molecule has 0 fully saturated rings. The largest absolute Gasteiger partial charge is 0.207 e. The molecule has 0 aliphatic carbocycles. The highest BCUT2D eigenvalue weighted by atomic mass is 32.1. The Balaban J connectivity index is 2.72. The Labute approximate surface area is 78.2 Å². The van der Waals surface area contributed by atoms with Gasteiger partial charge in [-0.25, -0.2) is 4.39 Å². The highest BCUT2D eigenvalue weighted by Gasteiger charge is 1.96. The van der Waals surface area contributed by atoms with E-state index in [0.29, 0.717) is 0 Å². The van der Waals surface area contributed by atoms with E-state index in [1.165, 1.54) is 0 Å². The molecule has 0 aliphatic heterocycles. The number of benzene rings is 1. The lowest BCUT2D eigenvalue weighted by Gasteiger charge is -2.01. The summed E-state index contributed by atoms with van der Waals surface area (Å²) in [5.41, 5.74) is 2.06. The normalized spacial score (nSPS) is 10.2. The number of hydrogen-bond donors (Lipinski definition) is 1. The van der Waals surface area contributed by atoms with Crippen LogP contribution in [0.5, 0.6) is 0 Å². The van der Waals surface area contributed by atoms with Crippen molar-refractivity contribution in [1.82, 2.24) is 0 Å². The molecule has 1 rings (SSSR count). The van der Waals surface area contributed by atoms with E-state index in [9.17, 15) is 4.39 Å². The van der Waals surface area contributed by atoms with Crippen molar-refractivity contribution in [3.63, 3.8) is 0 Å². The van der Waals surface area contributed by atoms with Gasteiger partial charge in [-0.15, -0.1) is 0 Å². The van der Waals surface area contributed by atoms with Gasteiger partial charge in [-0.3, -0.25) is 0 Å². The minimum Gasteiger partial charge on any atom is -0.207 e. The molecular weight excluding hydrogens is 171 g/mol. The fourth-order valence-electron chi connectivity index (χ4n) is 1.24. The van der Waals surface area contributed by atoms with Crippen molar-refractivity contribution >= 4 is 12.6 Å². The lowest BCUT2D eigenvalue weighted by Crippen LogP contribution is -1.89. The van der Waals surface area contributed by atoms with Gasteiger partial charge in [-0.1, -0.05) is 6.07 Å². The number of halogens is 1. The standard InChI is InChI=1S/C10H13FS/c1-8-5-9(3-2-4-12)7-10(11)6-8/h5-7,12H,2-4H2,1H3. The molecule has 0 heterocycles. The molecule has 1 aromatic carbocycles. The van der Waals surface area contributed by atoms with Crippen LogP contribution >= 0.6 is 12.6 Å². The quantitative estimate of drug-likeness (QED) is 0.686. The molecule has 12 heavy (non-hydrogen) atoms. The lowest BCUT2D eigenvalue weighted by atomic mass is 10.1. The molecule has 0 saturated carbocycles. The second kappa shape index (κ2) is 4.51. The van der Waals surface area contributed by atoms with E-state index in [2.05, 4.69) is 12.6 Å². The summed E-state index contributed by atoms with van der Waals surface area (Å²) in [6, 6.07) is 5.16. The maximum atomic E-state index is 12.8. The molecule has 1 aromatic rings. The van der Waals surface area contributed by atoms with Crippen LogP contribution in [0.3, 0.4) is 0 Å². The summed E-state index contributed by atoms with van der Waals surface area (Å²) in [5, 5.41) is 0. The third-order valence-electron chi connectivity index (χ3n) is 1.73. The summed E-state index contributed by atoms with van der Waals surface area (Å²) in [6.07, 6.45) is 1.92. The van der Waals surface area contributed by atoms with Gasteiger partial charge >= 0.3 is 0 Å². The molecule has 0 nitrogen and oxygen atoms in total. The third kappa shape index (κ3) is 2.86. The summed E-state index contributed by atoms with van der Waals surface area (Å²) in [6.45, 7) is 1.91. The highest BCUT2D eigenvalue weighted by molar-refractivity contribution is 7.80. The van der Waals surface area contributed by atoms with Crippen molar-refractivity contribution < 1.29 is 4.39 Å². The average Bonchev–Trinajstić information content (AvgIpc) is 1.99. The Morgan fingerprint density at radius 1 is 1.33 bits per heavy atom. The van der Waals surface area contributed by atoms with E-state index in [0.717, 1.165) is 29.7 Å². The van der Waals surface area contributed by atoms with Crippen molar-refractivity contribution in [1.29, 1.82) is 0 Å². The van der Waals surface area contributed by atoms with Crippen LogP contribution < -0.4 is 0 Å². The van der Waals surface area contributed by atoms with Gasteiger partial charge in [0, 0.05) is 0 Å². The fraction of sp³-hybridized carbons (Fsp3) is 0.400. The van der Waals surface area contributed by atoms with Crippen molar-refractivity contribution in [2.45, 2.75) is 19.8 Å². The third-order valence-corrected chi connectivity index (χ3v) is 2.04. The Morgan fingerprint density at radius 2 is 2.08 bits per heavy atom. The zero-order valence-electron chi connectivity index (χ0n) is 7.18. The number of hydrogen-bond acceptors (Lipinski definition) is 1. The van der Waals surface area contributed by atoms with Gasteiger partial charge in [0.25, 0.3) is 0 Å². The Kier molecular flexibility index (Phi) is 3.60. The predicted octanol–water partition coefficient (Wildman–Crippen LogP) is 3.00. The molecule has 0 spiro atoms. The van der Waals surface area contributed by atoms with E-state index < -0.39 is 0 Å². The molecule has 0 N–H and O–H groups in total. The topological polar surface area (TPSA) is 0 Å². The molecule has 0 unspecified atom stereocenters. The molecule has 0 radical (unpaired) electrons. The summed E-state index contributed by atoms with van der Waals surface area (Å²) in [4.78, 5) is 0. The van der Waals surface area contributed by atoms with Gasteiger partial charge in [-0.05, 0) is 48.8 Å². The second-order valence-electron chi connectivity index (χ2n) is 2.96. The molecule has 0 amide bonds. The van der Waals surface area contributed by atoms with Crippen molar-refractivity contribution in [3.05, 3.63) is 35.1 Å². The van der Waals surface area contributed by atoms with Crippen LogP contribution in [0.25, 0.3) is 0 Å². The van der Waals surface area contributed by atoms with Crippen LogP contribution in [0.15, 0.2) is 18.2 Å². The van der Waals surface area contributed by atoms with Gasteiger partial charge in [-0.2, -0.15) is 12.6 Å². The van der Waals surface area contributed by atoms with Gasteiger partial charge in [0.05, 0.1) is 0 Å². The zero-order chi connectivity index (χ0) is 8.97. The maximum absolute atomic E-state index is 12.8. The maximum Gasteiger partial charge on any atom is 0.123 e. The molecule has 0 aliphatic rings. The van der Waals surface area contributed by atoms with E-state index in [-0.39, 0.29) is 5.82 Å². The van der Waals surface area contributed by atoms with Crippen LogP contribution in [0.1, 0.15) is 17.5 Å². The SMILES string of the molecule is Cc1cc(F)cc(CCCS)c1. The zero-order valence-corrected chi connectivity index (χ0v) is 8.07. The first-order valence-corrected chi connectivity index (χ1v) is 4.72. The first-order chi connectivity index (χ1) is 5.72. The highest BCUT2D eigenvalue weighted by Crippen LogP contribution is 2.10. The molecule has 0 saturated heterocycles. The summed E-state index contributed by atoms with van der Waals surface area (Å²) in [7, 11) is 0. The van der Waals surface area contributed by atoms with E-state index in [1.54, 1.807) is 12.1 Å². The first-order valence-electron chi connectivity index (χ1n) is 4.09. The molecule has 0 atom stereocenters. The van der Waals surface area contributed by atoms with Crippen molar-refractivity contribution in [3.8, 4) is 0 Å². The summed E-state index contributed by atoms with van der Waals surface area (Å²) in [5.74, 6) is 0.722. The van der Waals surface area contributed by atoms with E-state index in [4.69, 9.17) is 0 Å².